The van der Waals surface area contributed by atoms with Gasteiger partial charge in [0.05, 0.1) is 5.52 Å². The summed E-state index contributed by atoms with van der Waals surface area (Å²) in [4.78, 5) is 23.2. The van der Waals surface area contributed by atoms with Gasteiger partial charge in [-0.15, -0.1) is 0 Å². The fourth-order valence-corrected chi connectivity index (χ4v) is 3.47. The number of halogens is 1. The third-order valence-corrected chi connectivity index (χ3v) is 4.89. The van der Waals surface area contributed by atoms with E-state index in [1.54, 1.807) is 30.3 Å². The van der Waals surface area contributed by atoms with E-state index in [9.17, 15) is 4.79 Å². The zero-order chi connectivity index (χ0) is 18.1. The summed E-state index contributed by atoms with van der Waals surface area (Å²) in [5, 5.41) is 8.84. The smallest absolute Gasteiger partial charge is 0.271 e. The average Bonchev–Trinajstić information content (AvgIpc) is 3.08. The molecule has 4 rings (SSSR count). The molecule has 3 aromatic rings. The highest BCUT2D eigenvalue weighted by molar-refractivity contribution is 6.31. The van der Waals surface area contributed by atoms with Gasteiger partial charge in [0.15, 0.2) is 0 Å². The summed E-state index contributed by atoms with van der Waals surface area (Å²) >= 11 is 6.14. The van der Waals surface area contributed by atoms with Gasteiger partial charge in [0, 0.05) is 42.8 Å². The van der Waals surface area contributed by atoms with Gasteiger partial charge in [0.2, 0.25) is 0 Å². The maximum Gasteiger partial charge on any atom is 0.271 e. The molecule has 7 nitrogen and oxygen atoms in total. The minimum atomic E-state index is -0.122. The van der Waals surface area contributed by atoms with Crippen molar-refractivity contribution >= 4 is 34.2 Å². The van der Waals surface area contributed by atoms with Crippen molar-refractivity contribution in [2.75, 3.05) is 18.0 Å². The molecule has 1 saturated heterocycles. The maximum atomic E-state index is 12.3. The van der Waals surface area contributed by atoms with Crippen LogP contribution in [0.25, 0.3) is 10.9 Å². The Morgan fingerprint density at radius 3 is 2.77 bits per heavy atom. The number of anilines is 1. The van der Waals surface area contributed by atoms with E-state index in [1.165, 1.54) is 0 Å². The van der Waals surface area contributed by atoms with Gasteiger partial charge in [-0.1, -0.05) is 11.6 Å². The predicted molar refractivity (Wildman–Crippen MR) is 100 cm³/mol. The lowest BCUT2D eigenvalue weighted by Gasteiger charge is -2.33. The molecule has 134 valence electrons. The fraction of sp³-hybridized carbons (Fsp3) is 0.333. The van der Waals surface area contributed by atoms with Crippen LogP contribution in [0.3, 0.4) is 0 Å². The Morgan fingerprint density at radius 1 is 1.23 bits per heavy atom. The molecule has 0 bridgehead atoms. The third kappa shape index (κ3) is 3.35. The molecule has 0 saturated carbocycles. The van der Waals surface area contributed by atoms with Crippen LogP contribution < -0.4 is 10.2 Å². The molecule has 1 N–H and O–H groups in total. The number of aromatic nitrogens is 4. The second-order valence-electron chi connectivity index (χ2n) is 6.47. The number of carbonyl (C=O) groups excluding carboxylic acids is 1. The molecule has 0 unspecified atom stereocenters. The van der Waals surface area contributed by atoms with Gasteiger partial charge in [-0.3, -0.25) is 9.48 Å². The molecule has 0 aliphatic carbocycles. The molecule has 3 heterocycles. The quantitative estimate of drug-likeness (QED) is 0.766. The number of carbonyl (C=O) groups is 1. The van der Waals surface area contributed by atoms with Crippen LogP contribution in [-0.2, 0) is 7.05 Å². The van der Waals surface area contributed by atoms with Crippen molar-refractivity contribution in [3.63, 3.8) is 0 Å². The number of hydrogen-bond donors (Lipinski definition) is 1. The first-order valence-electron chi connectivity index (χ1n) is 8.56. The van der Waals surface area contributed by atoms with Crippen molar-refractivity contribution in [3.8, 4) is 0 Å². The van der Waals surface area contributed by atoms with Gasteiger partial charge in [-0.25, -0.2) is 9.97 Å². The van der Waals surface area contributed by atoms with E-state index >= 15 is 0 Å². The summed E-state index contributed by atoms with van der Waals surface area (Å²) in [5.41, 5.74) is 1.33. The Labute approximate surface area is 156 Å². The molecule has 0 atom stereocenters. The highest BCUT2D eigenvalue weighted by atomic mass is 35.5. The molecule has 1 aromatic carbocycles. The summed E-state index contributed by atoms with van der Waals surface area (Å²) in [6, 6.07) is 7.50. The number of nitrogens with zero attached hydrogens (tertiary/aromatic N) is 5. The molecule has 1 fully saturated rings. The van der Waals surface area contributed by atoms with E-state index in [4.69, 9.17) is 11.6 Å². The Bertz CT molecular complexity index is 948. The zero-order valence-electron chi connectivity index (χ0n) is 14.4. The second kappa shape index (κ2) is 6.92. The molecular formula is C18H19ClN6O. The van der Waals surface area contributed by atoms with Crippen LogP contribution in [0.15, 0.2) is 36.8 Å². The maximum absolute atomic E-state index is 12.3. The van der Waals surface area contributed by atoms with Crippen LogP contribution in [0, 0.1) is 0 Å². The van der Waals surface area contributed by atoms with E-state index in [2.05, 4.69) is 25.3 Å². The predicted octanol–water partition coefficient (Wildman–Crippen LogP) is 2.42. The minimum absolute atomic E-state index is 0.122. The van der Waals surface area contributed by atoms with Crippen molar-refractivity contribution in [2.24, 2.45) is 7.05 Å². The number of amides is 1. The van der Waals surface area contributed by atoms with E-state index < -0.39 is 0 Å². The number of nitrogens with one attached hydrogen (secondary N) is 1. The molecule has 1 aliphatic heterocycles. The Hall–Kier alpha value is -2.67. The lowest BCUT2D eigenvalue weighted by molar-refractivity contribution is 0.0925. The Balaban J connectivity index is 1.44. The van der Waals surface area contributed by atoms with Crippen molar-refractivity contribution in [1.29, 1.82) is 0 Å². The number of piperidine rings is 1. The molecule has 0 radical (unpaired) electrons. The standard InChI is InChI=1S/C18H19ClN6O/c1-24-7-6-16(23-24)18(26)22-13-4-8-25(9-5-13)17-14-10-12(19)2-3-15(14)20-11-21-17/h2-3,6-7,10-11,13H,4-5,8-9H2,1H3,(H,22,26). The number of benzene rings is 1. The molecule has 1 amide bonds. The Kier molecular flexibility index (Phi) is 4.46. The molecule has 26 heavy (non-hydrogen) atoms. The number of aryl methyl sites for hydroxylation is 1. The highest BCUT2D eigenvalue weighted by Crippen LogP contribution is 2.27. The van der Waals surface area contributed by atoms with E-state index in [-0.39, 0.29) is 11.9 Å². The molecule has 1 aliphatic rings. The highest BCUT2D eigenvalue weighted by Gasteiger charge is 2.23. The van der Waals surface area contributed by atoms with E-state index in [1.807, 2.05) is 18.2 Å². The van der Waals surface area contributed by atoms with Crippen LogP contribution in [0.1, 0.15) is 23.3 Å². The monoisotopic (exact) mass is 370 g/mol. The van der Waals surface area contributed by atoms with Gasteiger partial charge in [0.1, 0.15) is 17.8 Å². The summed E-state index contributed by atoms with van der Waals surface area (Å²) in [6.07, 6.45) is 5.05. The van der Waals surface area contributed by atoms with Gasteiger partial charge in [0.25, 0.3) is 5.91 Å². The van der Waals surface area contributed by atoms with Crippen molar-refractivity contribution in [3.05, 3.63) is 47.5 Å². The molecule has 0 spiro atoms. The van der Waals surface area contributed by atoms with E-state index in [0.717, 1.165) is 42.7 Å². The molecular weight excluding hydrogens is 352 g/mol. The van der Waals surface area contributed by atoms with Crippen molar-refractivity contribution in [2.45, 2.75) is 18.9 Å². The first-order chi connectivity index (χ1) is 12.6. The largest absolute Gasteiger partial charge is 0.356 e. The lowest BCUT2D eigenvalue weighted by atomic mass is 10.0. The summed E-state index contributed by atoms with van der Waals surface area (Å²) < 4.78 is 1.63. The molecule has 2 aromatic heterocycles. The summed E-state index contributed by atoms with van der Waals surface area (Å²) in [7, 11) is 1.80. The summed E-state index contributed by atoms with van der Waals surface area (Å²) in [5.74, 6) is 0.773. The zero-order valence-corrected chi connectivity index (χ0v) is 15.1. The average molecular weight is 371 g/mol. The van der Waals surface area contributed by atoms with E-state index in [0.29, 0.717) is 10.7 Å². The van der Waals surface area contributed by atoms with Crippen LogP contribution in [0.5, 0.6) is 0 Å². The van der Waals surface area contributed by atoms with Crippen LogP contribution in [-0.4, -0.2) is 44.8 Å². The minimum Gasteiger partial charge on any atom is -0.356 e. The SMILES string of the molecule is Cn1ccc(C(=O)NC2CCN(c3ncnc4ccc(Cl)cc34)CC2)n1. The number of fused-ring (bicyclic) bond motifs is 1. The summed E-state index contributed by atoms with van der Waals surface area (Å²) in [6.45, 7) is 1.62. The first-order valence-corrected chi connectivity index (χ1v) is 8.93. The van der Waals surface area contributed by atoms with Gasteiger partial charge >= 0.3 is 0 Å². The number of hydrogen-bond acceptors (Lipinski definition) is 5. The topological polar surface area (TPSA) is 75.9 Å². The Morgan fingerprint density at radius 2 is 2.04 bits per heavy atom. The van der Waals surface area contributed by atoms with Crippen LogP contribution in [0.4, 0.5) is 5.82 Å². The second-order valence-corrected chi connectivity index (χ2v) is 6.90. The van der Waals surface area contributed by atoms with Gasteiger partial charge in [-0.05, 0) is 37.1 Å². The molecule has 8 heteroatoms. The van der Waals surface area contributed by atoms with Gasteiger partial charge < -0.3 is 10.2 Å². The third-order valence-electron chi connectivity index (χ3n) is 4.65. The van der Waals surface area contributed by atoms with Crippen molar-refractivity contribution in [1.82, 2.24) is 25.1 Å². The van der Waals surface area contributed by atoms with Crippen LogP contribution >= 0.6 is 11.6 Å². The van der Waals surface area contributed by atoms with Gasteiger partial charge in [-0.2, -0.15) is 5.10 Å². The number of rotatable bonds is 3. The first kappa shape index (κ1) is 16.8. The lowest BCUT2D eigenvalue weighted by Crippen LogP contribution is -2.45. The van der Waals surface area contributed by atoms with Crippen LogP contribution in [0.2, 0.25) is 5.02 Å². The van der Waals surface area contributed by atoms with Crippen molar-refractivity contribution < 1.29 is 4.79 Å². The normalized spacial score (nSPS) is 15.4. The fourth-order valence-electron chi connectivity index (χ4n) is 3.30.